The second kappa shape index (κ2) is 5.22. The second-order valence-electron chi connectivity index (χ2n) is 6.24. The average Bonchev–Trinajstić information content (AvgIpc) is 3.12. The molecular weight excluding hydrogens is 300 g/mol. The van der Waals surface area contributed by atoms with Crippen molar-refractivity contribution in [1.82, 2.24) is 20.7 Å². The Hall–Kier alpha value is -1.64. The van der Waals surface area contributed by atoms with Crippen LogP contribution in [0.2, 0.25) is 0 Å². The van der Waals surface area contributed by atoms with Crippen molar-refractivity contribution in [3.63, 3.8) is 0 Å². The summed E-state index contributed by atoms with van der Waals surface area (Å²) in [5.74, 6) is 0.994. The molecule has 3 aliphatic heterocycles. The van der Waals surface area contributed by atoms with Gasteiger partial charge in [0.2, 0.25) is 0 Å². The number of fused-ring (bicyclic) bond motifs is 1. The van der Waals surface area contributed by atoms with Gasteiger partial charge in [-0.25, -0.2) is 10.4 Å². The maximum Gasteiger partial charge on any atom is 0.186 e. The highest BCUT2D eigenvalue weighted by atomic mass is 32.1. The standard InChI is InChI=1S/C14H20N6OS/c1-14(2)9-21-6-5-20(14)13-16-10(8-22-13)12-18-17-11-7-15-3-4-19(11)12/h3,7-8,12,17-18H,4-6,9H2,1-2H3. The van der Waals surface area contributed by atoms with Gasteiger partial charge in [-0.15, -0.1) is 11.3 Å². The van der Waals surface area contributed by atoms with E-state index in [1.54, 1.807) is 11.3 Å². The van der Waals surface area contributed by atoms with E-state index in [-0.39, 0.29) is 11.7 Å². The number of hydrogen-bond donors (Lipinski definition) is 2. The van der Waals surface area contributed by atoms with E-state index in [2.05, 4.69) is 44.9 Å². The van der Waals surface area contributed by atoms with E-state index in [4.69, 9.17) is 9.72 Å². The molecule has 0 aliphatic carbocycles. The fourth-order valence-electron chi connectivity index (χ4n) is 2.97. The highest BCUT2D eigenvalue weighted by molar-refractivity contribution is 7.13. The number of nitrogens with one attached hydrogen (secondary N) is 2. The molecule has 2 saturated heterocycles. The summed E-state index contributed by atoms with van der Waals surface area (Å²) in [5.41, 5.74) is 7.47. The van der Waals surface area contributed by atoms with Gasteiger partial charge in [0.15, 0.2) is 5.13 Å². The van der Waals surface area contributed by atoms with Crippen LogP contribution in [-0.2, 0) is 4.74 Å². The lowest BCUT2D eigenvalue weighted by Crippen LogP contribution is -2.53. The summed E-state index contributed by atoms with van der Waals surface area (Å²) in [4.78, 5) is 13.6. The minimum Gasteiger partial charge on any atom is -0.377 e. The zero-order valence-corrected chi connectivity index (χ0v) is 13.6. The number of anilines is 1. The van der Waals surface area contributed by atoms with Crippen molar-refractivity contribution in [2.24, 2.45) is 4.99 Å². The highest BCUT2D eigenvalue weighted by Gasteiger charge is 2.35. The summed E-state index contributed by atoms with van der Waals surface area (Å²) in [7, 11) is 0. The maximum atomic E-state index is 5.60. The summed E-state index contributed by atoms with van der Waals surface area (Å²) in [6.45, 7) is 7.57. The number of hydrazine groups is 1. The van der Waals surface area contributed by atoms with E-state index in [1.807, 2.05) is 12.4 Å². The smallest absolute Gasteiger partial charge is 0.186 e. The summed E-state index contributed by atoms with van der Waals surface area (Å²) in [6.07, 6.45) is 3.78. The predicted molar refractivity (Wildman–Crippen MR) is 86.7 cm³/mol. The molecular formula is C14H20N6OS. The highest BCUT2D eigenvalue weighted by Crippen LogP contribution is 2.33. The fraction of sp³-hybridized carbons (Fsp3) is 0.571. The van der Waals surface area contributed by atoms with Gasteiger partial charge >= 0.3 is 0 Å². The van der Waals surface area contributed by atoms with Crippen molar-refractivity contribution in [3.05, 3.63) is 23.1 Å². The molecule has 2 fully saturated rings. The normalized spacial score (nSPS) is 26.6. The minimum atomic E-state index is -0.0163. The zero-order valence-electron chi connectivity index (χ0n) is 12.7. The molecule has 0 saturated carbocycles. The maximum absolute atomic E-state index is 5.60. The molecule has 4 rings (SSSR count). The Morgan fingerprint density at radius 1 is 1.45 bits per heavy atom. The molecule has 8 heteroatoms. The van der Waals surface area contributed by atoms with Gasteiger partial charge in [0, 0.05) is 18.1 Å². The summed E-state index contributed by atoms with van der Waals surface area (Å²) < 4.78 is 5.60. The van der Waals surface area contributed by atoms with Crippen LogP contribution in [0.15, 0.2) is 22.4 Å². The molecule has 1 aromatic rings. The molecule has 1 unspecified atom stereocenters. The number of hydrogen-bond acceptors (Lipinski definition) is 8. The van der Waals surface area contributed by atoms with Crippen LogP contribution in [0.4, 0.5) is 5.13 Å². The number of aromatic nitrogens is 1. The molecule has 22 heavy (non-hydrogen) atoms. The minimum absolute atomic E-state index is 0.0163. The molecule has 0 spiro atoms. The number of ether oxygens (including phenoxy) is 1. The Balaban J connectivity index is 1.57. The van der Waals surface area contributed by atoms with E-state index < -0.39 is 0 Å². The SMILES string of the molecule is CC1(C)COCCN1c1nc(C2NNC3=CN=CCN32)cs1. The van der Waals surface area contributed by atoms with E-state index >= 15 is 0 Å². The molecule has 3 aliphatic rings. The largest absolute Gasteiger partial charge is 0.377 e. The van der Waals surface area contributed by atoms with Crippen molar-refractivity contribution in [3.8, 4) is 0 Å². The first-order chi connectivity index (χ1) is 10.6. The molecule has 0 aromatic carbocycles. The third-order valence-electron chi connectivity index (χ3n) is 4.20. The van der Waals surface area contributed by atoms with Crippen LogP contribution in [0, 0.1) is 0 Å². The number of aliphatic imine (C=N–C) groups is 1. The molecule has 1 atom stereocenters. The molecule has 7 nitrogen and oxygen atoms in total. The first kappa shape index (κ1) is 14.0. The van der Waals surface area contributed by atoms with Gasteiger partial charge in [-0.3, -0.25) is 4.99 Å². The lowest BCUT2D eigenvalue weighted by atomic mass is 10.0. The van der Waals surface area contributed by atoms with Crippen LogP contribution < -0.4 is 15.8 Å². The monoisotopic (exact) mass is 320 g/mol. The van der Waals surface area contributed by atoms with Gasteiger partial charge in [0.1, 0.15) is 12.0 Å². The Morgan fingerprint density at radius 2 is 2.36 bits per heavy atom. The van der Waals surface area contributed by atoms with Gasteiger partial charge in [-0.1, -0.05) is 0 Å². The lowest BCUT2D eigenvalue weighted by molar-refractivity contribution is 0.0643. The van der Waals surface area contributed by atoms with Crippen LogP contribution >= 0.6 is 11.3 Å². The van der Waals surface area contributed by atoms with Gasteiger partial charge in [0.25, 0.3) is 0 Å². The van der Waals surface area contributed by atoms with Gasteiger partial charge in [-0.2, -0.15) is 0 Å². The van der Waals surface area contributed by atoms with Crippen LogP contribution in [0.3, 0.4) is 0 Å². The Bertz CT molecular complexity index is 625. The van der Waals surface area contributed by atoms with Gasteiger partial charge in [0.05, 0.1) is 37.2 Å². The predicted octanol–water partition coefficient (Wildman–Crippen LogP) is 1.05. The van der Waals surface area contributed by atoms with Crippen LogP contribution in [0.1, 0.15) is 25.7 Å². The lowest BCUT2D eigenvalue weighted by Gasteiger charge is -2.42. The summed E-state index contributed by atoms with van der Waals surface area (Å²) >= 11 is 1.70. The van der Waals surface area contributed by atoms with E-state index in [0.717, 1.165) is 42.9 Å². The third kappa shape index (κ3) is 2.27. The summed E-state index contributed by atoms with van der Waals surface area (Å²) in [6, 6.07) is 0. The Labute approximate surface area is 133 Å². The molecule has 1 aromatic heterocycles. The van der Waals surface area contributed by atoms with Crippen LogP contribution in [0.5, 0.6) is 0 Å². The second-order valence-corrected chi connectivity index (χ2v) is 7.08. The zero-order chi connectivity index (χ0) is 15.2. The van der Waals surface area contributed by atoms with E-state index in [9.17, 15) is 0 Å². The molecule has 4 heterocycles. The van der Waals surface area contributed by atoms with Crippen molar-refractivity contribution in [2.75, 3.05) is 31.2 Å². The number of morpholine rings is 1. The topological polar surface area (TPSA) is 65.0 Å². The van der Waals surface area contributed by atoms with Crippen molar-refractivity contribution < 1.29 is 4.74 Å². The molecule has 0 bridgehead atoms. The van der Waals surface area contributed by atoms with E-state index in [1.165, 1.54) is 0 Å². The molecule has 0 radical (unpaired) electrons. The molecule has 118 valence electrons. The number of nitrogens with zero attached hydrogens (tertiary/aromatic N) is 4. The number of thiazole rings is 1. The summed E-state index contributed by atoms with van der Waals surface area (Å²) in [5, 5.41) is 3.20. The molecule has 0 amide bonds. The van der Waals surface area contributed by atoms with Crippen molar-refractivity contribution >= 4 is 22.7 Å². The average molecular weight is 320 g/mol. The quantitative estimate of drug-likeness (QED) is 0.849. The Morgan fingerprint density at radius 3 is 3.23 bits per heavy atom. The van der Waals surface area contributed by atoms with Crippen molar-refractivity contribution in [1.29, 1.82) is 0 Å². The first-order valence-electron chi connectivity index (χ1n) is 7.46. The Kier molecular flexibility index (Phi) is 3.32. The van der Waals surface area contributed by atoms with Gasteiger partial charge < -0.3 is 20.0 Å². The van der Waals surface area contributed by atoms with E-state index in [0.29, 0.717) is 0 Å². The third-order valence-corrected chi connectivity index (χ3v) is 5.09. The number of rotatable bonds is 2. The van der Waals surface area contributed by atoms with Crippen LogP contribution in [0.25, 0.3) is 0 Å². The van der Waals surface area contributed by atoms with Crippen LogP contribution in [-0.4, -0.2) is 47.9 Å². The van der Waals surface area contributed by atoms with Crippen molar-refractivity contribution in [2.45, 2.75) is 25.6 Å². The van der Waals surface area contributed by atoms with Gasteiger partial charge in [-0.05, 0) is 13.8 Å². The first-order valence-corrected chi connectivity index (χ1v) is 8.34. The fourth-order valence-corrected chi connectivity index (χ4v) is 4.00. The molecule has 2 N–H and O–H groups in total.